The molecule has 0 radical (unpaired) electrons. The van der Waals surface area contributed by atoms with Crippen molar-refractivity contribution < 1.29 is 17.9 Å². The normalized spacial score (nSPS) is 11.4. The monoisotopic (exact) mass is 342 g/mol. The lowest BCUT2D eigenvalue weighted by molar-refractivity contribution is 0.0590. The van der Waals surface area contributed by atoms with Gasteiger partial charge in [0.05, 0.1) is 7.11 Å². The fraction of sp³-hybridized carbons (Fsp3) is 0.214. The van der Waals surface area contributed by atoms with E-state index in [2.05, 4.69) is 9.46 Å². The van der Waals surface area contributed by atoms with Gasteiger partial charge in [-0.2, -0.15) is 0 Å². The van der Waals surface area contributed by atoms with Crippen molar-refractivity contribution in [1.82, 2.24) is 9.29 Å². The number of carbonyl (C=O) groups excluding carboxylic acids is 1. The van der Waals surface area contributed by atoms with Crippen molar-refractivity contribution in [2.75, 3.05) is 7.11 Å². The van der Waals surface area contributed by atoms with Gasteiger partial charge in [0.25, 0.3) is 0 Å². The molecule has 2 rings (SSSR count). The number of benzene rings is 1. The maximum atomic E-state index is 12.2. The summed E-state index contributed by atoms with van der Waals surface area (Å²) in [6, 6.07) is 8.10. The van der Waals surface area contributed by atoms with E-state index in [0.717, 1.165) is 5.56 Å². The number of carbonyl (C=O) groups is 1. The molecular formula is C14H15ClN2O4S. The van der Waals surface area contributed by atoms with E-state index in [4.69, 9.17) is 11.6 Å². The molecule has 118 valence electrons. The van der Waals surface area contributed by atoms with Crippen molar-refractivity contribution in [2.24, 2.45) is 7.05 Å². The second-order valence-corrected chi connectivity index (χ2v) is 6.82. The Hall–Kier alpha value is -1.83. The van der Waals surface area contributed by atoms with Crippen molar-refractivity contribution in [1.29, 1.82) is 0 Å². The van der Waals surface area contributed by atoms with E-state index in [1.807, 2.05) is 0 Å². The fourth-order valence-corrected chi connectivity index (χ4v) is 3.07. The Kier molecular flexibility index (Phi) is 4.90. The number of aryl methyl sites for hydroxylation is 1. The number of aromatic nitrogens is 1. The number of nitrogens with zero attached hydrogens (tertiary/aromatic N) is 1. The third-order valence-corrected chi connectivity index (χ3v) is 4.68. The highest BCUT2D eigenvalue weighted by Gasteiger charge is 2.20. The van der Waals surface area contributed by atoms with Crippen molar-refractivity contribution in [2.45, 2.75) is 11.4 Å². The molecule has 0 spiro atoms. The van der Waals surface area contributed by atoms with Crippen LogP contribution in [-0.4, -0.2) is 26.1 Å². The van der Waals surface area contributed by atoms with Crippen molar-refractivity contribution >= 4 is 27.6 Å². The summed E-state index contributed by atoms with van der Waals surface area (Å²) >= 11 is 5.78. The molecule has 22 heavy (non-hydrogen) atoms. The number of hydrogen-bond acceptors (Lipinski definition) is 4. The lowest BCUT2D eigenvalue weighted by Gasteiger charge is -2.05. The molecule has 0 aliphatic heterocycles. The summed E-state index contributed by atoms with van der Waals surface area (Å²) in [5.74, 6) is -0.596. The third-order valence-electron chi connectivity index (χ3n) is 3.06. The van der Waals surface area contributed by atoms with Crippen LogP contribution in [0.3, 0.4) is 0 Å². The summed E-state index contributed by atoms with van der Waals surface area (Å²) in [5.41, 5.74) is 0.937. The van der Waals surface area contributed by atoms with Crippen LogP contribution >= 0.6 is 11.6 Å². The molecule has 0 atom stereocenters. The van der Waals surface area contributed by atoms with Gasteiger partial charge in [0.1, 0.15) is 10.6 Å². The highest BCUT2D eigenvalue weighted by atomic mass is 35.5. The molecule has 1 heterocycles. The summed E-state index contributed by atoms with van der Waals surface area (Å²) in [5, 5.41) is 0.581. The fourth-order valence-electron chi connectivity index (χ4n) is 1.85. The molecule has 0 amide bonds. The lowest BCUT2D eigenvalue weighted by atomic mass is 10.2. The molecule has 8 heteroatoms. The summed E-state index contributed by atoms with van der Waals surface area (Å²) in [7, 11) is -0.911. The molecule has 0 unspecified atom stereocenters. The molecule has 0 saturated heterocycles. The highest BCUT2D eigenvalue weighted by Crippen LogP contribution is 2.15. The smallest absolute Gasteiger partial charge is 0.354 e. The highest BCUT2D eigenvalue weighted by molar-refractivity contribution is 7.89. The van der Waals surface area contributed by atoms with Gasteiger partial charge >= 0.3 is 5.97 Å². The van der Waals surface area contributed by atoms with Crippen LogP contribution in [0.25, 0.3) is 0 Å². The van der Waals surface area contributed by atoms with Gasteiger partial charge in [-0.05, 0) is 23.8 Å². The summed E-state index contributed by atoms with van der Waals surface area (Å²) in [6.45, 7) is 0.127. The average molecular weight is 343 g/mol. The van der Waals surface area contributed by atoms with Gasteiger partial charge in [-0.1, -0.05) is 23.7 Å². The molecular weight excluding hydrogens is 328 g/mol. The minimum atomic E-state index is -3.72. The SMILES string of the molecule is COC(=O)c1cc(S(=O)(=O)NCc2ccc(Cl)cc2)cn1C. The molecule has 0 aliphatic carbocycles. The summed E-state index contributed by atoms with van der Waals surface area (Å²) < 4.78 is 33.0. The zero-order chi connectivity index (χ0) is 16.3. The average Bonchev–Trinajstić information content (AvgIpc) is 2.89. The Bertz CT molecular complexity index is 782. The summed E-state index contributed by atoms with van der Waals surface area (Å²) in [6.07, 6.45) is 1.36. The van der Waals surface area contributed by atoms with Crippen LogP contribution in [0.1, 0.15) is 16.1 Å². The van der Waals surface area contributed by atoms with Gasteiger partial charge in [0, 0.05) is 24.8 Å². The van der Waals surface area contributed by atoms with E-state index in [1.165, 1.54) is 23.9 Å². The van der Waals surface area contributed by atoms with Crippen LogP contribution in [0.5, 0.6) is 0 Å². The number of nitrogens with one attached hydrogen (secondary N) is 1. The zero-order valence-corrected chi connectivity index (χ0v) is 13.6. The van der Waals surface area contributed by atoms with Crippen molar-refractivity contribution in [3.05, 3.63) is 52.8 Å². The first kappa shape index (κ1) is 16.5. The second kappa shape index (κ2) is 6.51. The maximum absolute atomic E-state index is 12.2. The quantitative estimate of drug-likeness (QED) is 0.842. The Morgan fingerprint density at radius 2 is 1.95 bits per heavy atom. The number of halogens is 1. The van der Waals surface area contributed by atoms with E-state index in [-0.39, 0.29) is 17.1 Å². The van der Waals surface area contributed by atoms with Gasteiger partial charge in [0.2, 0.25) is 10.0 Å². The van der Waals surface area contributed by atoms with E-state index in [1.54, 1.807) is 31.3 Å². The predicted octanol–water partition coefficient (Wildman–Crippen LogP) is 1.94. The molecule has 0 fully saturated rings. The van der Waals surface area contributed by atoms with Crippen LogP contribution in [0, 0.1) is 0 Å². The van der Waals surface area contributed by atoms with Gasteiger partial charge < -0.3 is 9.30 Å². The molecule has 1 aromatic heterocycles. The first-order valence-electron chi connectivity index (χ1n) is 6.32. The Morgan fingerprint density at radius 3 is 2.55 bits per heavy atom. The van der Waals surface area contributed by atoms with Crippen LogP contribution in [0.15, 0.2) is 41.4 Å². The minimum Gasteiger partial charge on any atom is -0.464 e. The molecule has 0 aliphatic rings. The first-order chi connectivity index (χ1) is 10.3. The van der Waals surface area contributed by atoms with E-state index >= 15 is 0 Å². The maximum Gasteiger partial charge on any atom is 0.354 e. The zero-order valence-electron chi connectivity index (χ0n) is 12.0. The number of hydrogen-bond donors (Lipinski definition) is 1. The lowest BCUT2D eigenvalue weighted by Crippen LogP contribution is -2.22. The number of ether oxygens (including phenoxy) is 1. The summed E-state index contributed by atoms with van der Waals surface area (Å²) in [4.78, 5) is 11.5. The Morgan fingerprint density at radius 1 is 1.32 bits per heavy atom. The minimum absolute atomic E-state index is 0.00404. The number of esters is 1. The van der Waals surface area contributed by atoms with E-state index < -0.39 is 16.0 Å². The van der Waals surface area contributed by atoms with Crippen LogP contribution < -0.4 is 4.72 Å². The largest absolute Gasteiger partial charge is 0.464 e. The predicted molar refractivity (Wildman–Crippen MR) is 82.2 cm³/mol. The first-order valence-corrected chi connectivity index (χ1v) is 8.18. The van der Waals surface area contributed by atoms with Crippen LogP contribution in [-0.2, 0) is 28.4 Å². The molecule has 6 nitrogen and oxygen atoms in total. The number of methoxy groups -OCH3 is 1. The van der Waals surface area contributed by atoms with Gasteiger partial charge in [-0.3, -0.25) is 0 Å². The van der Waals surface area contributed by atoms with Crippen LogP contribution in [0.4, 0.5) is 0 Å². The van der Waals surface area contributed by atoms with Gasteiger partial charge in [-0.15, -0.1) is 0 Å². The van der Waals surface area contributed by atoms with E-state index in [0.29, 0.717) is 5.02 Å². The third kappa shape index (κ3) is 3.68. The molecule has 0 bridgehead atoms. The van der Waals surface area contributed by atoms with Crippen molar-refractivity contribution in [3.8, 4) is 0 Å². The number of rotatable bonds is 5. The van der Waals surface area contributed by atoms with Crippen LogP contribution in [0.2, 0.25) is 5.02 Å². The Balaban J connectivity index is 2.16. The van der Waals surface area contributed by atoms with E-state index in [9.17, 15) is 13.2 Å². The molecule has 0 saturated carbocycles. The van der Waals surface area contributed by atoms with Gasteiger partial charge in [0.15, 0.2) is 0 Å². The Labute approximate surface area is 133 Å². The topological polar surface area (TPSA) is 77.4 Å². The standard InChI is InChI=1S/C14H15ClN2O4S/c1-17-9-12(7-13(17)14(18)21-2)22(19,20)16-8-10-3-5-11(15)6-4-10/h3-7,9,16H,8H2,1-2H3. The van der Waals surface area contributed by atoms with Gasteiger partial charge in [-0.25, -0.2) is 17.9 Å². The van der Waals surface area contributed by atoms with Crippen molar-refractivity contribution in [3.63, 3.8) is 0 Å². The molecule has 2 aromatic rings. The molecule has 1 N–H and O–H groups in total. The molecule has 1 aromatic carbocycles. The number of sulfonamides is 1. The second-order valence-electron chi connectivity index (χ2n) is 4.61.